The van der Waals surface area contributed by atoms with Crippen LogP contribution in [0.2, 0.25) is 0 Å². The lowest BCUT2D eigenvalue weighted by Gasteiger charge is -2.28. The zero-order valence-corrected chi connectivity index (χ0v) is 19.7. The van der Waals surface area contributed by atoms with E-state index in [1.54, 1.807) is 20.8 Å². The minimum absolute atomic E-state index is 0.00239. The quantitative estimate of drug-likeness (QED) is 0.635. The number of carbonyl (C=O) groups excluding carboxylic acids is 2. The molecule has 8 nitrogen and oxygen atoms in total. The average Bonchev–Trinajstić information content (AvgIpc) is 3.40. The molecule has 1 aromatic rings. The predicted molar refractivity (Wildman–Crippen MR) is 115 cm³/mol. The average molecular weight is 490 g/mol. The van der Waals surface area contributed by atoms with Crippen molar-refractivity contribution in [3.63, 3.8) is 0 Å². The lowest BCUT2D eigenvalue weighted by atomic mass is 10.1. The highest BCUT2D eigenvalue weighted by molar-refractivity contribution is 5.86. The lowest BCUT2D eigenvalue weighted by molar-refractivity contribution is -0.168. The Labute approximate surface area is 195 Å². The molecular formula is C22H30F4N4O4. The topological polar surface area (TPSA) is 84.0 Å². The fourth-order valence-corrected chi connectivity index (χ4v) is 4.12. The second kappa shape index (κ2) is 9.83. The number of rotatable bonds is 5. The number of nitrogens with zero attached hydrogens (tertiary/aromatic N) is 3. The van der Waals surface area contributed by atoms with Crippen LogP contribution in [0.5, 0.6) is 5.88 Å². The van der Waals surface area contributed by atoms with Crippen LogP contribution < -0.4 is 15.0 Å². The number of aromatic nitrogens is 1. The molecule has 2 saturated heterocycles. The Morgan fingerprint density at radius 3 is 2.50 bits per heavy atom. The number of anilines is 1. The molecule has 1 unspecified atom stereocenters. The molecule has 0 aliphatic carbocycles. The summed E-state index contributed by atoms with van der Waals surface area (Å²) < 4.78 is 64.3. The summed E-state index contributed by atoms with van der Waals surface area (Å²) in [5, 5.41) is 2.67. The predicted octanol–water partition coefficient (Wildman–Crippen LogP) is 3.63. The molecule has 0 saturated carbocycles. The van der Waals surface area contributed by atoms with Crippen molar-refractivity contribution in [2.45, 2.75) is 64.4 Å². The molecule has 0 aromatic carbocycles. The molecule has 2 fully saturated rings. The van der Waals surface area contributed by atoms with E-state index in [1.165, 1.54) is 16.9 Å². The largest absolute Gasteiger partial charge is 0.481 e. The van der Waals surface area contributed by atoms with E-state index in [1.807, 2.05) is 0 Å². The van der Waals surface area contributed by atoms with Crippen LogP contribution in [-0.2, 0) is 16.1 Å². The maximum absolute atomic E-state index is 14.8. The summed E-state index contributed by atoms with van der Waals surface area (Å²) in [6.07, 6.45) is -3.97. The van der Waals surface area contributed by atoms with Crippen LogP contribution in [0.3, 0.4) is 0 Å². The maximum atomic E-state index is 14.8. The van der Waals surface area contributed by atoms with Crippen molar-refractivity contribution in [1.82, 2.24) is 15.2 Å². The van der Waals surface area contributed by atoms with Crippen molar-refractivity contribution in [3.8, 4) is 5.88 Å². The van der Waals surface area contributed by atoms with Crippen molar-refractivity contribution < 1.29 is 36.6 Å². The summed E-state index contributed by atoms with van der Waals surface area (Å²) in [5.74, 6) is -2.99. The minimum Gasteiger partial charge on any atom is -0.481 e. The molecule has 1 aromatic heterocycles. The molecule has 2 amide bonds. The van der Waals surface area contributed by atoms with E-state index in [0.29, 0.717) is 19.4 Å². The summed E-state index contributed by atoms with van der Waals surface area (Å²) >= 11 is 0. The van der Waals surface area contributed by atoms with Crippen LogP contribution in [0.25, 0.3) is 0 Å². The molecule has 34 heavy (non-hydrogen) atoms. The summed E-state index contributed by atoms with van der Waals surface area (Å²) in [6, 6.07) is 0.379. The van der Waals surface area contributed by atoms with Gasteiger partial charge in [0.05, 0.1) is 13.0 Å². The first-order chi connectivity index (χ1) is 15.8. The maximum Gasteiger partial charge on any atom is 0.410 e. The number of halogens is 4. The van der Waals surface area contributed by atoms with Gasteiger partial charge in [-0.15, -0.1) is 0 Å². The number of hydrogen-bond donors (Lipinski definition) is 1. The molecule has 1 N–H and O–H groups in total. The number of likely N-dealkylation sites (tertiary alicyclic amines) is 1. The van der Waals surface area contributed by atoms with E-state index in [9.17, 15) is 27.2 Å². The number of ether oxygens (including phenoxy) is 2. The van der Waals surface area contributed by atoms with E-state index in [0.717, 1.165) is 6.07 Å². The van der Waals surface area contributed by atoms with Gasteiger partial charge < -0.3 is 19.7 Å². The third kappa shape index (κ3) is 6.01. The van der Waals surface area contributed by atoms with Crippen molar-refractivity contribution in [2.24, 2.45) is 5.92 Å². The first-order valence-corrected chi connectivity index (χ1v) is 11.1. The van der Waals surface area contributed by atoms with Crippen molar-refractivity contribution in [3.05, 3.63) is 17.4 Å². The van der Waals surface area contributed by atoms with Gasteiger partial charge in [0.25, 0.3) is 0 Å². The van der Waals surface area contributed by atoms with E-state index in [-0.39, 0.29) is 43.3 Å². The molecule has 3 rings (SSSR count). The fraction of sp³-hybridized carbons (Fsp3) is 0.682. The smallest absolute Gasteiger partial charge is 0.410 e. The molecule has 2 atom stereocenters. The molecule has 12 heteroatoms. The molecular weight excluding hydrogens is 460 g/mol. The molecule has 2 aliphatic heterocycles. The van der Waals surface area contributed by atoms with Crippen LogP contribution in [0.15, 0.2) is 6.07 Å². The summed E-state index contributed by atoms with van der Waals surface area (Å²) in [7, 11) is 1.30. The number of pyridine rings is 1. The second-order valence-electron chi connectivity index (χ2n) is 9.48. The third-order valence-corrected chi connectivity index (χ3v) is 5.78. The molecule has 0 bridgehead atoms. The van der Waals surface area contributed by atoms with Gasteiger partial charge in [-0.3, -0.25) is 9.69 Å². The second-order valence-corrected chi connectivity index (χ2v) is 9.48. The van der Waals surface area contributed by atoms with E-state index < -0.39 is 41.6 Å². The number of nitrogens with one attached hydrogen (secondary N) is 1. The standard InChI is InChI=1S/C22H30F4N4O4/c1-21(2,3)34-20(32)30-8-5-6-16(30)18(31)27-11-13-10-15(23)17(28-19(13)33-4)29-9-7-14(12-29)22(24,25)26/h10,14,16H,5-9,11-12H2,1-4H3,(H,27,31)/t14?,16-/m0/s1. The molecule has 3 heterocycles. The van der Waals surface area contributed by atoms with Crippen LogP contribution >= 0.6 is 0 Å². The zero-order valence-electron chi connectivity index (χ0n) is 19.7. The SMILES string of the molecule is COc1nc(N2CCC(C(F)(F)F)C2)c(F)cc1CNC(=O)[C@@H]1CCCN1C(=O)OC(C)(C)C. The van der Waals surface area contributed by atoms with Crippen molar-refractivity contribution in [1.29, 1.82) is 0 Å². The highest BCUT2D eigenvalue weighted by Crippen LogP contribution is 2.36. The Balaban J connectivity index is 1.67. The third-order valence-electron chi connectivity index (χ3n) is 5.78. The molecule has 190 valence electrons. The van der Waals surface area contributed by atoms with Gasteiger partial charge >= 0.3 is 12.3 Å². The van der Waals surface area contributed by atoms with Crippen molar-refractivity contribution >= 4 is 17.8 Å². The van der Waals surface area contributed by atoms with Crippen LogP contribution in [-0.4, -0.2) is 66.4 Å². The number of alkyl halides is 3. The lowest BCUT2D eigenvalue weighted by Crippen LogP contribution is -2.47. The molecule has 0 radical (unpaired) electrons. The van der Waals surface area contributed by atoms with Gasteiger partial charge in [0.2, 0.25) is 11.8 Å². The van der Waals surface area contributed by atoms with Gasteiger partial charge in [0, 0.05) is 31.7 Å². The molecule has 2 aliphatic rings. The van der Waals surface area contributed by atoms with Crippen LogP contribution in [0.1, 0.15) is 45.6 Å². The Morgan fingerprint density at radius 1 is 1.21 bits per heavy atom. The number of amides is 2. The Bertz CT molecular complexity index is 919. The zero-order chi connectivity index (χ0) is 25.3. The van der Waals surface area contributed by atoms with Gasteiger partial charge in [-0.2, -0.15) is 18.2 Å². The van der Waals surface area contributed by atoms with Gasteiger partial charge in [0.1, 0.15) is 11.6 Å². The monoisotopic (exact) mass is 490 g/mol. The number of methoxy groups -OCH3 is 1. The fourth-order valence-electron chi connectivity index (χ4n) is 4.12. The van der Waals surface area contributed by atoms with Crippen LogP contribution in [0.4, 0.5) is 28.2 Å². The first kappa shape index (κ1) is 25.8. The number of hydrogen-bond acceptors (Lipinski definition) is 6. The summed E-state index contributed by atoms with van der Waals surface area (Å²) in [6.45, 7) is 5.10. The van der Waals surface area contributed by atoms with Crippen molar-refractivity contribution in [2.75, 3.05) is 31.6 Å². The van der Waals surface area contributed by atoms with Gasteiger partial charge in [-0.05, 0) is 46.1 Å². The van der Waals surface area contributed by atoms with E-state index in [2.05, 4.69) is 10.3 Å². The normalized spacial score (nSPS) is 21.1. The highest BCUT2D eigenvalue weighted by Gasteiger charge is 2.44. The van der Waals surface area contributed by atoms with Crippen LogP contribution in [0, 0.1) is 11.7 Å². The number of carbonyl (C=O) groups is 2. The molecule has 0 spiro atoms. The Kier molecular flexibility index (Phi) is 7.47. The first-order valence-electron chi connectivity index (χ1n) is 11.1. The van der Waals surface area contributed by atoms with Gasteiger partial charge in [0.15, 0.2) is 11.6 Å². The Hall–Kier alpha value is -2.79. The highest BCUT2D eigenvalue weighted by atomic mass is 19.4. The summed E-state index contributed by atoms with van der Waals surface area (Å²) in [4.78, 5) is 31.9. The Morgan fingerprint density at radius 2 is 1.91 bits per heavy atom. The van der Waals surface area contributed by atoms with E-state index in [4.69, 9.17) is 9.47 Å². The summed E-state index contributed by atoms with van der Waals surface area (Å²) in [5.41, 5.74) is -0.473. The van der Waals surface area contributed by atoms with Gasteiger partial charge in [-0.1, -0.05) is 0 Å². The van der Waals surface area contributed by atoms with E-state index >= 15 is 0 Å². The minimum atomic E-state index is -4.35. The van der Waals surface area contributed by atoms with Gasteiger partial charge in [-0.25, -0.2) is 9.18 Å².